The molecular formula is C26H20FN7O2S. The lowest BCUT2D eigenvalue weighted by atomic mass is 10.0. The quantitative estimate of drug-likeness (QED) is 0.339. The van der Waals surface area contributed by atoms with E-state index in [-0.39, 0.29) is 12.2 Å². The van der Waals surface area contributed by atoms with E-state index in [0.717, 1.165) is 38.8 Å². The minimum atomic E-state index is -3.17. The largest absolute Gasteiger partial charge is 0.353 e. The molecule has 0 bridgehead atoms. The molecule has 0 aliphatic heterocycles. The number of halogens is 1. The fraction of sp³-hybridized carbons (Fsp3) is 0.115. The van der Waals surface area contributed by atoms with Gasteiger partial charge in [-0.1, -0.05) is 0 Å². The van der Waals surface area contributed by atoms with Crippen LogP contribution in [0.25, 0.3) is 55.7 Å². The highest BCUT2D eigenvalue weighted by Crippen LogP contribution is 2.34. The van der Waals surface area contributed by atoms with Gasteiger partial charge in [-0.25, -0.2) is 22.8 Å². The van der Waals surface area contributed by atoms with E-state index < -0.39 is 15.7 Å². The van der Waals surface area contributed by atoms with Gasteiger partial charge in [-0.05, 0) is 48.4 Å². The molecule has 0 atom stereocenters. The number of hydrogen-bond acceptors (Lipinski definition) is 7. The number of aromatic amines is 2. The van der Waals surface area contributed by atoms with Crippen LogP contribution in [0.15, 0.2) is 67.5 Å². The van der Waals surface area contributed by atoms with Gasteiger partial charge in [-0.3, -0.25) is 15.1 Å². The van der Waals surface area contributed by atoms with Crippen molar-refractivity contribution in [3.05, 3.63) is 78.9 Å². The monoisotopic (exact) mass is 513 g/mol. The van der Waals surface area contributed by atoms with Crippen molar-refractivity contribution < 1.29 is 12.8 Å². The zero-order valence-electron chi connectivity index (χ0n) is 19.6. The van der Waals surface area contributed by atoms with E-state index in [0.29, 0.717) is 22.5 Å². The van der Waals surface area contributed by atoms with E-state index in [4.69, 9.17) is 0 Å². The predicted molar refractivity (Wildman–Crippen MR) is 139 cm³/mol. The molecule has 0 saturated carbocycles. The first-order valence-corrected chi connectivity index (χ1v) is 13.5. The third kappa shape index (κ3) is 4.56. The van der Waals surface area contributed by atoms with E-state index in [1.807, 2.05) is 18.2 Å². The lowest BCUT2D eigenvalue weighted by molar-refractivity contribution is 0.600. The molecular weight excluding hydrogens is 493 g/mol. The van der Waals surface area contributed by atoms with Gasteiger partial charge in [0.05, 0.1) is 34.5 Å². The zero-order chi connectivity index (χ0) is 25.6. The van der Waals surface area contributed by atoms with Crippen LogP contribution in [0.1, 0.15) is 5.56 Å². The van der Waals surface area contributed by atoms with Crippen LogP contribution in [0.5, 0.6) is 0 Å². The number of hydrogen-bond donors (Lipinski definition) is 2. The Morgan fingerprint density at radius 1 is 0.892 bits per heavy atom. The van der Waals surface area contributed by atoms with Crippen molar-refractivity contribution >= 4 is 31.6 Å². The van der Waals surface area contributed by atoms with Crippen LogP contribution in [-0.2, 0) is 16.3 Å². The van der Waals surface area contributed by atoms with Gasteiger partial charge < -0.3 is 4.98 Å². The lowest BCUT2D eigenvalue weighted by Crippen LogP contribution is -2.06. The van der Waals surface area contributed by atoms with Crippen molar-refractivity contribution in [1.82, 2.24) is 35.1 Å². The van der Waals surface area contributed by atoms with Crippen LogP contribution in [-0.4, -0.2) is 55.5 Å². The summed E-state index contributed by atoms with van der Waals surface area (Å²) in [5.41, 5.74) is 6.30. The first kappa shape index (κ1) is 22.9. The van der Waals surface area contributed by atoms with E-state index in [1.54, 1.807) is 30.9 Å². The summed E-state index contributed by atoms with van der Waals surface area (Å²) < 4.78 is 37.7. The van der Waals surface area contributed by atoms with Gasteiger partial charge >= 0.3 is 0 Å². The molecule has 6 rings (SSSR count). The number of nitrogens with zero attached hydrogens (tertiary/aromatic N) is 5. The molecule has 1 aromatic carbocycles. The first-order chi connectivity index (χ1) is 17.8. The van der Waals surface area contributed by atoms with E-state index >= 15 is 0 Å². The van der Waals surface area contributed by atoms with E-state index in [9.17, 15) is 12.8 Å². The summed E-state index contributed by atoms with van der Waals surface area (Å²) in [6, 6.07) is 10.2. The van der Waals surface area contributed by atoms with Gasteiger partial charge in [0.2, 0.25) is 0 Å². The average Bonchev–Trinajstić information content (AvgIpc) is 3.51. The van der Waals surface area contributed by atoms with Crippen LogP contribution in [0.4, 0.5) is 4.39 Å². The summed E-state index contributed by atoms with van der Waals surface area (Å²) >= 11 is 0. The van der Waals surface area contributed by atoms with Crippen LogP contribution >= 0.6 is 0 Å². The SMILES string of the molecule is CS(=O)(=O)CCc1cc(F)cc(-c2nccc3[nH]c(-c4n[nH]c5cnc(-c6cncnc6)cc45)cc23)c1. The molecule has 0 amide bonds. The molecule has 6 aromatic rings. The maximum absolute atomic E-state index is 14.5. The predicted octanol–water partition coefficient (Wildman–Crippen LogP) is 4.35. The Morgan fingerprint density at radius 3 is 2.51 bits per heavy atom. The second-order valence-electron chi connectivity index (χ2n) is 8.85. The fourth-order valence-electron chi connectivity index (χ4n) is 4.36. The molecule has 37 heavy (non-hydrogen) atoms. The van der Waals surface area contributed by atoms with Gasteiger partial charge in [0.25, 0.3) is 0 Å². The maximum atomic E-state index is 14.5. The molecule has 5 heterocycles. The lowest BCUT2D eigenvalue weighted by Gasteiger charge is -2.07. The molecule has 5 aromatic heterocycles. The number of pyridine rings is 2. The van der Waals surface area contributed by atoms with Crippen LogP contribution in [0.2, 0.25) is 0 Å². The topological polar surface area (TPSA) is 130 Å². The number of aromatic nitrogens is 7. The molecule has 0 aliphatic carbocycles. The molecule has 0 unspecified atom stereocenters. The molecule has 0 fully saturated rings. The number of rotatable bonds is 6. The van der Waals surface area contributed by atoms with Crippen LogP contribution in [0, 0.1) is 5.82 Å². The van der Waals surface area contributed by atoms with E-state index in [2.05, 4.69) is 35.1 Å². The number of benzene rings is 1. The summed E-state index contributed by atoms with van der Waals surface area (Å²) in [5.74, 6) is -0.501. The number of nitrogens with one attached hydrogen (secondary N) is 2. The second kappa shape index (κ2) is 8.86. The number of sulfone groups is 1. The van der Waals surface area contributed by atoms with Crippen molar-refractivity contribution in [3.8, 4) is 33.9 Å². The second-order valence-corrected chi connectivity index (χ2v) is 11.1. The average molecular weight is 514 g/mol. The van der Waals surface area contributed by atoms with Crippen molar-refractivity contribution in [2.45, 2.75) is 6.42 Å². The summed E-state index contributed by atoms with van der Waals surface area (Å²) in [7, 11) is -3.17. The number of aryl methyl sites for hydroxylation is 1. The summed E-state index contributed by atoms with van der Waals surface area (Å²) in [6.45, 7) is 0. The first-order valence-electron chi connectivity index (χ1n) is 11.4. The summed E-state index contributed by atoms with van der Waals surface area (Å²) in [4.78, 5) is 20.5. The smallest absolute Gasteiger partial charge is 0.147 e. The molecule has 184 valence electrons. The van der Waals surface area contributed by atoms with Crippen molar-refractivity contribution in [1.29, 1.82) is 0 Å². The summed E-state index contributed by atoms with van der Waals surface area (Å²) in [6.07, 6.45) is 9.63. The fourth-order valence-corrected chi connectivity index (χ4v) is 4.96. The zero-order valence-corrected chi connectivity index (χ0v) is 20.4. The number of H-pyrrole nitrogens is 2. The standard InChI is InChI=1S/C26H20FN7O2S/c1-37(35,36)5-3-15-6-16(8-18(27)7-15)25-19-10-23(32-21(19)2-4-30-25)26-20-9-22(17-11-28-14-29-12-17)31-13-24(20)33-34-26/h2,4,6-14,32H,3,5H2,1H3,(H,33,34). The Kier molecular flexibility index (Phi) is 5.49. The summed E-state index contributed by atoms with van der Waals surface area (Å²) in [5, 5.41) is 9.18. The molecule has 0 radical (unpaired) electrons. The highest BCUT2D eigenvalue weighted by molar-refractivity contribution is 7.90. The minimum absolute atomic E-state index is 0.0555. The maximum Gasteiger partial charge on any atom is 0.147 e. The van der Waals surface area contributed by atoms with Crippen LogP contribution < -0.4 is 0 Å². The van der Waals surface area contributed by atoms with E-state index in [1.165, 1.54) is 24.7 Å². The van der Waals surface area contributed by atoms with Gasteiger partial charge in [0.1, 0.15) is 27.7 Å². The number of fused-ring (bicyclic) bond motifs is 2. The Labute approximate surface area is 210 Å². The molecule has 0 saturated heterocycles. The third-order valence-corrected chi connectivity index (χ3v) is 7.05. The van der Waals surface area contributed by atoms with Gasteiger partial charge in [-0.15, -0.1) is 0 Å². The minimum Gasteiger partial charge on any atom is -0.353 e. The highest BCUT2D eigenvalue weighted by atomic mass is 32.2. The third-order valence-electron chi connectivity index (χ3n) is 6.10. The van der Waals surface area contributed by atoms with Crippen molar-refractivity contribution in [2.75, 3.05) is 12.0 Å². The molecule has 2 N–H and O–H groups in total. The van der Waals surface area contributed by atoms with Crippen LogP contribution in [0.3, 0.4) is 0 Å². The normalized spacial score (nSPS) is 11.9. The Hall–Kier alpha value is -4.51. The highest BCUT2D eigenvalue weighted by Gasteiger charge is 2.16. The Morgan fingerprint density at radius 2 is 1.70 bits per heavy atom. The van der Waals surface area contributed by atoms with Gasteiger partial charge in [-0.2, -0.15) is 5.10 Å². The van der Waals surface area contributed by atoms with Crippen molar-refractivity contribution in [2.24, 2.45) is 0 Å². The molecule has 9 nitrogen and oxygen atoms in total. The van der Waals surface area contributed by atoms with Crippen molar-refractivity contribution in [3.63, 3.8) is 0 Å². The molecule has 11 heteroatoms. The Bertz CT molecular complexity index is 1880. The Balaban J connectivity index is 1.44. The van der Waals surface area contributed by atoms with Gasteiger partial charge in [0, 0.05) is 52.3 Å². The molecule has 0 aliphatic rings. The molecule has 0 spiro atoms. The van der Waals surface area contributed by atoms with Gasteiger partial charge in [0.15, 0.2) is 0 Å².